The Balaban J connectivity index is 1.39. The lowest BCUT2D eigenvalue weighted by molar-refractivity contribution is -0.215. The van der Waals surface area contributed by atoms with Gasteiger partial charge in [-0.15, -0.1) is 0 Å². The highest BCUT2D eigenvalue weighted by Crippen LogP contribution is 2.55. The number of hydrogen-bond acceptors (Lipinski definition) is 4. The Morgan fingerprint density at radius 2 is 1.73 bits per heavy atom. The lowest BCUT2D eigenvalue weighted by Gasteiger charge is -2.44. The molecule has 5 fully saturated rings. The van der Waals surface area contributed by atoms with E-state index in [-0.39, 0.29) is 35.8 Å². The van der Waals surface area contributed by atoms with Crippen LogP contribution in [0.1, 0.15) is 71.1 Å². The third-order valence-corrected chi connectivity index (χ3v) is 6.69. The van der Waals surface area contributed by atoms with Crippen molar-refractivity contribution in [3.05, 3.63) is 0 Å². The van der Waals surface area contributed by atoms with Gasteiger partial charge in [0.2, 0.25) is 0 Å². The van der Waals surface area contributed by atoms with Gasteiger partial charge in [0.25, 0.3) is 0 Å². The Morgan fingerprint density at radius 1 is 0.909 bits per heavy atom. The molecule has 0 aromatic rings. The standard InChI is InChI=1S/C18H28O4/c1-2-12-6-7-15-17(20-12)10-13(19-15)16-14(11-17)21-18(22-16)8-4-3-5-9-18/h12-16H,2-11H2,1H3/t12-,13+,14+,15-,16?,17+/m0/s1. The first-order chi connectivity index (χ1) is 10.7. The number of hydrogen-bond donors (Lipinski definition) is 0. The molecule has 0 radical (unpaired) electrons. The van der Waals surface area contributed by atoms with Gasteiger partial charge in [-0.25, -0.2) is 0 Å². The number of fused-ring (bicyclic) bond motifs is 3. The molecule has 0 N–H and O–H groups in total. The molecular weight excluding hydrogens is 280 g/mol. The van der Waals surface area contributed by atoms with E-state index in [0.717, 1.165) is 44.9 Å². The van der Waals surface area contributed by atoms with Crippen LogP contribution in [0.2, 0.25) is 0 Å². The van der Waals surface area contributed by atoms with Gasteiger partial charge in [0.1, 0.15) is 6.10 Å². The van der Waals surface area contributed by atoms with E-state index in [4.69, 9.17) is 18.9 Å². The van der Waals surface area contributed by atoms with Crippen molar-refractivity contribution in [3.63, 3.8) is 0 Å². The lowest BCUT2D eigenvalue weighted by atomic mass is 9.76. The third kappa shape index (κ3) is 1.97. The average molecular weight is 308 g/mol. The van der Waals surface area contributed by atoms with Crippen molar-refractivity contribution in [3.8, 4) is 0 Å². The first-order valence-corrected chi connectivity index (χ1v) is 9.41. The number of ether oxygens (including phenoxy) is 4. The summed E-state index contributed by atoms with van der Waals surface area (Å²) in [5.41, 5.74) is -0.0890. The summed E-state index contributed by atoms with van der Waals surface area (Å²) in [6.07, 6.45) is 12.4. The largest absolute Gasteiger partial charge is 0.369 e. The van der Waals surface area contributed by atoms with Crippen molar-refractivity contribution in [2.45, 2.75) is 113 Å². The summed E-state index contributed by atoms with van der Waals surface area (Å²) in [5.74, 6) is -0.299. The topological polar surface area (TPSA) is 36.9 Å². The maximum absolute atomic E-state index is 6.54. The van der Waals surface area contributed by atoms with E-state index in [1.807, 2.05) is 0 Å². The van der Waals surface area contributed by atoms with Crippen LogP contribution in [-0.4, -0.2) is 41.9 Å². The monoisotopic (exact) mass is 308 g/mol. The fourth-order valence-corrected chi connectivity index (χ4v) is 5.62. The molecule has 6 atom stereocenters. The Hall–Kier alpha value is -0.160. The first kappa shape index (κ1) is 14.2. The molecule has 124 valence electrons. The zero-order valence-electron chi connectivity index (χ0n) is 13.6. The second-order valence-corrected chi connectivity index (χ2v) is 8.07. The second kappa shape index (κ2) is 4.92. The van der Waals surface area contributed by atoms with Crippen molar-refractivity contribution >= 4 is 0 Å². The summed E-state index contributed by atoms with van der Waals surface area (Å²) >= 11 is 0. The van der Waals surface area contributed by atoms with Crippen LogP contribution >= 0.6 is 0 Å². The number of rotatable bonds is 1. The minimum Gasteiger partial charge on any atom is -0.369 e. The molecule has 0 amide bonds. The molecule has 3 saturated heterocycles. The Labute approximate surface area is 132 Å². The average Bonchev–Trinajstić information content (AvgIpc) is 3.03. The second-order valence-electron chi connectivity index (χ2n) is 8.07. The van der Waals surface area contributed by atoms with Crippen LogP contribution in [0.25, 0.3) is 0 Å². The summed E-state index contributed by atoms with van der Waals surface area (Å²) < 4.78 is 25.9. The molecule has 5 aliphatic rings. The predicted molar refractivity (Wildman–Crippen MR) is 80.6 cm³/mol. The highest BCUT2D eigenvalue weighted by atomic mass is 16.8. The van der Waals surface area contributed by atoms with Crippen LogP contribution in [0.5, 0.6) is 0 Å². The molecular formula is C18H28O4. The molecule has 3 aliphatic heterocycles. The summed E-state index contributed by atoms with van der Waals surface area (Å²) in [5, 5.41) is 0. The van der Waals surface area contributed by atoms with Gasteiger partial charge in [0.15, 0.2) is 5.79 Å². The van der Waals surface area contributed by atoms with Gasteiger partial charge in [0.05, 0.1) is 30.0 Å². The van der Waals surface area contributed by atoms with Gasteiger partial charge >= 0.3 is 0 Å². The molecule has 2 aliphatic carbocycles. The molecule has 5 rings (SSSR count). The lowest BCUT2D eigenvalue weighted by Crippen LogP contribution is -2.53. The van der Waals surface area contributed by atoms with Gasteiger partial charge in [-0.05, 0) is 32.1 Å². The molecule has 2 saturated carbocycles. The Kier molecular flexibility index (Phi) is 3.18. The maximum atomic E-state index is 6.54. The summed E-state index contributed by atoms with van der Waals surface area (Å²) in [4.78, 5) is 0. The summed E-state index contributed by atoms with van der Waals surface area (Å²) in [7, 11) is 0. The normalized spacial score (nSPS) is 52.5. The van der Waals surface area contributed by atoms with E-state index in [2.05, 4.69) is 6.92 Å². The van der Waals surface area contributed by atoms with Gasteiger partial charge in [0, 0.05) is 25.7 Å². The zero-order valence-corrected chi connectivity index (χ0v) is 13.6. The quantitative estimate of drug-likeness (QED) is 0.744. The van der Waals surface area contributed by atoms with E-state index in [0.29, 0.717) is 6.10 Å². The van der Waals surface area contributed by atoms with Crippen molar-refractivity contribution < 1.29 is 18.9 Å². The van der Waals surface area contributed by atoms with E-state index in [1.54, 1.807) is 0 Å². The summed E-state index contributed by atoms with van der Waals surface area (Å²) in [6.45, 7) is 2.23. The van der Waals surface area contributed by atoms with Crippen LogP contribution < -0.4 is 0 Å². The van der Waals surface area contributed by atoms with Crippen LogP contribution in [0, 0.1) is 0 Å². The van der Waals surface area contributed by atoms with Crippen LogP contribution in [0.3, 0.4) is 0 Å². The van der Waals surface area contributed by atoms with Crippen LogP contribution in [0.4, 0.5) is 0 Å². The molecule has 0 aromatic carbocycles. The molecule has 1 unspecified atom stereocenters. The molecule has 2 bridgehead atoms. The zero-order chi connectivity index (χ0) is 14.8. The van der Waals surface area contributed by atoms with Gasteiger partial charge in [-0.3, -0.25) is 0 Å². The Morgan fingerprint density at radius 3 is 2.55 bits per heavy atom. The smallest absolute Gasteiger partial charge is 0.169 e. The van der Waals surface area contributed by atoms with E-state index in [1.165, 1.54) is 19.3 Å². The highest BCUT2D eigenvalue weighted by Gasteiger charge is 2.65. The maximum Gasteiger partial charge on any atom is 0.169 e. The Bertz CT molecular complexity index is 446. The van der Waals surface area contributed by atoms with Gasteiger partial charge < -0.3 is 18.9 Å². The molecule has 2 spiro atoms. The molecule has 0 aromatic heterocycles. The van der Waals surface area contributed by atoms with E-state index in [9.17, 15) is 0 Å². The highest BCUT2D eigenvalue weighted by molar-refractivity contribution is 5.12. The first-order valence-electron chi connectivity index (χ1n) is 9.41. The fraction of sp³-hybridized carbons (Fsp3) is 1.00. The van der Waals surface area contributed by atoms with Crippen molar-refractivity contribution in [1.82, 2.24) is 0 Å². The van der Waals surface area contributed by atoms with Crippen molar-refractivity contribution in [1.29, 1.82) is 0 Å². The van der Waals surface area contributed by atoms with Gasteiger partial charge in [-0.1, -0.05) is 13.3 Å². The van der Waals surface area contributed by atoms with Crippen LogP contribution in [0.15, 0.2) is 0 Å². The minimum absolute atomic E-state index is 0.0890. The molecule has 4 heteroatoms. The SMILES string of the molecule is CC[C@H]1CC[C@@H]2O[C@@H]3C[C@]2(C[C@H]2OC4(CCCCC4)OC32)O1. The predicted octanol–water partition coefficient (Wildman–Crippen LogP) is 3.32. The third-order valence-electron chi connectivity index (χ3n) is 6.69. The minimum atomic E-state index is -0.299. The van der Waals surface area contributed by atoms with Crippen molar-refractivity contribution in [2.75, 3.05) is 0 Å². The van der Waals surface area contributed by atoms with E-state index < -0.39 is 0 Å². The van der Waals surface area contributed by atoms with E-state index >= 15 is 0 Å². The molecule has 3 heterocycles. The van der Waals surface area contributed by atoms with Gasteiger partial charge in [-0.2, -0.15) is 0 Å². The van der Waals surface area contributed by atoms with Crippen molar-refractivity contribution in [2.24, 2.45) is 0 Å². The van der Waals surface area contributed by atoms with Crippen LogP contribution in [-0.2, 0) is 18.9 Å². The molecule has 22 heavy (non-hydrogen) atoms. The fourth-order valence-electron chi connectivity index (χ4n) is 5.62. The molecule has 4 nitrogen and oxygen atoms in total. The summed E-state index contributed by atoms with van der Waals surface area (Å²) in [6, 6.07) is 0.